The number of hydrogen-bond acceptors (Lipinski definition) is 2. The summed E-state index contributed by atoms with van der Waals surface area (Å²) >= 11 is 0. The SMILES string of the molecule is CCCC[C@H]1C[C@@H]1C(=O)NNC(=O)[C@@H]1C[C@@H]1CCCC. The maximum absolute atomic E-state index is 11.9. The number of unbranched alkanes of at least 4 members (excludes halogenated alkanes) is 2. The average Bonchev–Trinajstić information content (AvgIpc) is 3.34. The van der Waals surface area contributed by atoms with Gasteiger partial charge in [0, 0.05) is 11.8 Å². The molecule has 0 aliphatic heterocycles. The minimum absolute atomic E-state index is 0.00483. The van der Waals surface area contributed by atoms with Gasteiger partial charge in [0.05, 0.1) is 0 Å². The lowest BCUT2D eigenvalue weighted by molar-refractivity contribution is -0.130. The molecule has 0 bridgehead atoms. The second-order valence-corrected chi connectivity index (χ2v) is 6.47. The molecule has 0 heterocycles. The lowest BCUT2D eigenvalue weighted by atomic mass is 10.1. The topological polar surface area (TPSA) is 58.2 Å². The Morgan fingerprint density at radius 3 is 1.60 bits per heavy atom. The van der Waals surface area contributed by atoms with Crippen LogP contribution < -0.4 is 10.9 Å². The van der Waals surface area contributed by atoms with E-state index in [2.05, 4.69) is 24.7 Å². The molecule has 0 aromatic rings. The number of rotatable bonds is 8. The van der Waals surface area contributed by atoms with Crippen molar-refractivity contribution in [3.05, 3.63) is 0 Å². The highest BCUT2D eigenvalue weighted by Crippen LogP contribution is 2.43. The van der Waals surface area contributed by atoms with E-state index >= 15 is 0 Å². The first-order valence-electron chi connectivity index (χ1n) is 8.27. The molecular weight excluding hydrogens is 252 g/mol. The van der Waals surface area contributed by atoms with Gasteiger partial charge in [0.15, 0.2) is 0 Å². The van der Waals surface area contributed by atoms with Gasteiger partial charge in [0.1, 0.15) is 0 Å². The van der Waals surface area contributed by atoms with Crippen molar-refractivity contribution in [2.75, 3.05) is 0 Å². The molecule has 2 fully saturated rings. The van der Waals surface area contributed by atoms with E-state index in [4.69, 9.17) is 0 Å². The molecule has 0 spiro atoms. The molecule has 2 rings (SSSR count). The molecule has 0 aromatic heterocycles. The van der Waals surface area contributed by atoms with E-state index in [-0.39, 0.29) is 23.7 Å². The Labute approximate surface area is 122 Å². The van der Waals surface area contributed by atoms with Gasteiger partial charge >= 0.3 is 0 Å². The molecule has 2 N–H and O–H groups in total. The van der Waals surface area contributed by atoms with Gasteiger partial charge in [0.2, 0.25) is 11.8 Å². The fraction of sp³-hybridized carbons (Fsp3) is 0.875. The van der Waals surface area contributed by atoms with E-state index in [1.807, 2.05) is 0 Å². The summed E-state index contributed by atoms with van der Waals surface area (Å²) in [5.41, 5.74) is 5.22. The van der Waals surface area contributed by atoms with Crippen LogP contribution in [0.3, 0.4) is 0 Å². The summed E-state index contributed by atoms with van der Waals surface area (Å²) in [5.74, 6) is 1.37. The highest BCUT2D eigenvalue weighted by molar-refractivity contribution is 5.87. The molecule has 2 aliphatic carbocycles. The number of carbonyl (C=O) groups is 2. The van der Waals surface area contributed by atoms with Crippen molar-refractivity contribution in [1.82, 2.24) is 10.9 Å². The summed E-state index contributed by atoms with van der Waals surface area (Å²) in [6.45, 7) is 4.34. The maximum Gasteiger partial charge on any atom is 0.241 e. The Bertz CT molecular complexity index is 322. The number of hydrazine groups is 1. The van der Waals surface area contributed by atoms with Gasteiger partial charge in [-0.2, -0.15) is 0 Å². The smallest absolute Gasteiger partial charge is 0.241 e. The zero-order chi connectivity index (χ0) is 14.5. The van der Waals surface area contributed by atoms with Crippen LogP contribution in [0.4, 0.5) is 0 Å². The van der Waals surface area contributed by atoms with Gasteiger partial charge in [-0.25, -0.2) is 0 Å². The van der Waals surface area contributed by atoms with E-state index in [9.17, 15) is 9.59 Å². The molecule has 2 aliphatic rings. The molecular formula is C16H28N2O2. The Hall–Kier alpha value is -1.06. The zero-order valence-electron chi connectivity index (χ0n) is 12.8. The van der Waals surface area contributed by atoms with Gasteiger partial charge in [-0.05, 0) is 37.5 Å². The van der Waals surface area contributed by atoms with Crippen LogP contribution in [-0.2, 0) is 9.59 Å². The standard InChI is InChI=1S/C16H28N2O2/c1-3-5-7-11-9-13(11)15(19)17-18-16(20)14-10-12(14)8-6-4-2/h11-14H,3-10H2,1-2H3,(H,17,19)(H,18,20)/t11-,12-,13-,14+/m0/s1. The van der Waals surface area contributed by atoms with Crippen LogP contribution in [0.1, 0.15) is 65.2 Å². The van der Waals surface area contributed by atoms with Crippen molar-refractivity contribution in [2.24, 2.45) is 23.7 Å². The number of carbonyl (C=O) groups excluding carboxylic acids is 2. The van der Waals surface area contributed by atoms with Gasteiger partial charge in [0.25, 0.3) is 0 Å². The summed E-state index contributed by atoms with van der Waals surface area (Å²) in [6, 6.07) is 0. The van der Waals surface area contributed by atoms with Crippen LogP contribution in [0, 0.1) is 23.7 Å². The number of hydrogen-bond donors (Lipinski definition) is 2. The van der Waals surface area contributed by atoms with Crippen LogP contribution >= 0.6 is 0 Å². The summed E-state index contributed by atoms with van der Waals surface area (Å²) in [7, 11) is 0. The van der Waals surface area contributed by atoms with Crippen LogP contribution in [0.25, 0.3) is 0 Å². The van der Waals surface area contributed by atoms with Gasteiger partial charge < -0.3 is 0 Å². The van der Waals surface area contributed by atoms with Crippen molar-refractivity contribution in [3.63, 3.8) is 0 Å². The van der Waals surface area contributed by atoms with E-state index in [1.165, 1.54) is 25.7 Å². The summed E-state index contributed by atoms with van der Waals surface area (Å²) in [5, 5.41) is 0. The van der Waals surface area contributed by atoms with Crippen molar-refractivity contribution >= 4 is 11.8 Å². The third kappa shape index (κ3) is 4.22. The van der Waals surface area contributed by atoms with E-state index in [0.29, 0.717) is 11.8 Å². The molecule has 20 heavy (non-hydrogen) atoms. The van der Waals surface area contributed by atoms with E-state index in [0.717, 1.165) is 25.7 Å². The van der Waals surface area contributed by atoms with Crippen LogP contribution in [0.15, 0.2) is 0 Å². The normalized spacial score (nSPS) is 30.7. The first kappa shape index (κ1) is 15.3. The Morgan fingerprint density at radius 1 is 0.850 bits per heavy atom. The Morgan fingerprint density at radius 2 is 1.25 bits per heavy atom. The Kier molecular flexibility index (Phi) is 5.44. The van der Waals surface area contributed by atoms with Crippen molar-refractivity contribution in [3.8, 4) is 0 Å². The maximum atomic E-state index is 11.9. The molecule has 4 atom stereocenters. The minimum atomic E-state index is 0.00483. The molecule has 4 heteroatoms. The fourth-order valence-corrected chi connectivity index (χ4v) is 3.02. The number of nitrogens with one attached hydrogen (secondary N) is 2. The van der Waals surface area contributed by atoms with Crippen molar-refractivity contribution < 1.29 is 9.59 Å². The first-order chi connectivity index (χ1) is 9.67. The monoisotopic (exact) mass is 280 g/mol. The zero-order valence-corrected chi connectivity index (χ0v) is 12.8. The summed E-state index contributed by atoms with van der Waals surface area (Å²) in [6.07, 6.45) is 9.03. The van der Waals surface area contributed by atoms with Crippen molar-refractivity contribution in [1.29, 1.82) is 0 Å². The fourth-order valence-electron chi connectivity index (χ4n) is 3.02. The highest BCUT2D eigenvalue weighted by atomic mass is 16.2. The lowest BCUT2D eigenvalue weighted by Gasteiger charge is -2.07. The molecule has 0 unspecified atom stereocenters. The largest absolute Gasteiger partial charge is 0.273 e. The lowest BCUT2D eigenvalue weighted by Crippen LogP contribution is -2.43. The molecule has 2 amide bonds. The van der Waals surface area contributed by atoms with Crippen LogP contribution in [0.2, 0.25) is 0 Å². The molecule has 0 radical (unpaired) electrons. The van der Waals surface area contributed by atoms with Gasteiger partial charge in [-0.3, -0.25) is 20.4 Å². The molecule has 0 aromatic carbocycles. The minimum Gasteiger partial charge on any atom is -0.273 e. The molecule has 0 saturated heterocycles. The van der Waals surface area contributed by atoms with Crippen LogP contribution in [0.5, 0.6) is 0 Å². The van der Waals surface area contributed by atoms with Crippen molar-refractivity contribution in [2.45, 2.75) is 65.2 Å². The molecule has 2 saturated carbocycles. The second kappa shape index (κ2) is 7.09. The molecule has 4 nitrogen and oxygen atoms in total. The third-order valence-corrected chi connectivity index (χ3v) is 4.68. The van der Waals surface area contributed by atoms with E-state index < -0.39 is 0 Å². The molecule has 114 valence electrons. The summed E-state index contributed by atoms with van der Waals surface area (Å²) < 4.78 is 0. The van der Waals surface area contributed by atoms with Gasteiger partial charge in [-0.15, -0.1) is 0 Å². The average molecular weight is 280 g/mol. The number of amides is 2. The highest BCUT2D eigenvalue weighted by Gasteiger charge is 2.44. The predicted molar refractivity (Wildman–Crippen MR) is 78.5 cm³/mol. The first-order valence-corrected chi connectivity index (χ1v) is 8.27. The predicted octanol–water partition coefficient (Wildman–Crippen LogP) is 2.79. The van der Waals surface area contributed by atoms with Crippen LogP contribution in [-0.4, -0.2) is 11.8 Å². The third-order valence-electron chi connectivity index (χ3n) is 4.68. The second-order valence-electron chi connectivity index (χ2n) is 6.47. The quantitative estimate of drug-likeness (QED) is 0.672. The van der Waals surface area contributed by atoms with E-state index in [1.54, 1.807) is 0 Å². The van der Waals surface area contributed by atoms with Gasteiger partial charge in [-0.1, -0.05) is 39.5 Å². The Balaban J connectivity index is 1.57. The summed E-state index contributed by atoms with van der Waals surface area (Å²) in [4.78, 5) is 23.7.